The van der Waals surface area contributed by atoms with E-state index in [1.165, 1.54) is 18.2 Å². The van der Waals surface area contributed by atoms with Crippen LogP contribution in [0, 0.1) is 5.82 Å². The fourth-order valence-corrected chi connectivity index (χ4v) is 2.25. The average molecular weight is 301 g/mol. The molecule has 0 radical (unpaired) electrons. The summed E-state index contributed by atoms with van der Waals surface area (Å²) >= 11 is 5.70. The topological polar surface area (TPSA) is 42.0 Å². The number of hydrogen-bond acceptors (Lipinski definition) is 2. The molecule has 1 heterocycles. The molecule has 0 saturated heterocycles. The largest absolute Gasteiger partial charge is 0.322 e. The Hall–Kier alpha value is -2.46. The fourth-order valence-electron chi connectivity index (χ4n) is 2.07. The molecule has 0 fully saturated rings. The average Bonchev–Trinajstić information content (AvgIpc) is 2.50. The number of nitrogens with one attached hydrogen (secondary N) is 1. The zero-order valence-corrected chi connectivity index (χ0v) is 11.6. The van der Waals surface area contributed by atoms with Crippen LogP contribution < -0.4 is 5.32 Å². The normalized spacial score (nSPS) is 10.6. The van der Waals surface area contributed by atoms with Gasteiger partial charge >= 0.3 is 0 Å². The van der Waals surface area contributed by atoms with Crippen LogP contribution in [0.15, 0.2) is 54.7 Å². The van der Waals surface area contributed by atoms with Gasteiger partial charge in [0.25, 0.3) is 5.91 Å². The molecule has 1 amide bonds. The highest BCUT2D eigenvalue weighted by atomic mass is 35.5. The van der Waals surface area contributed by atoms with Gasteiger partial charge in [0.15, 0.2) is 0 Å². The van der Waals surface area contributed by atoms with Gasteiger partial charge in [-0.2, -0.15) is 0 Å². The van der Waals surface area contributed by atoms with E-state index in [-0.39, 0.29) is 10.9 Å². The summed E-state index contributed by atoms with van der Waals surface area (Å²) in [5, 5.41) is 3.42. The van der Waals surface area contributed by atoms with Gasteiger partial charge in [-0.3, -0.25) is 9.78 Å². The predicted octanol–water partition coefficient (Wildman–Crippen LogP) is 4.28. The molecule has 3 rings (SSSR count). The number of hydrogen-bond donors (Lipinski definition) is 1. The lowest BCUT2D eigenvalue weighted by Gasteiger charge is -2.08. The number of fused-ring (bicyclic) bond motifs is 1. The number of halogens is 2. The van der Waals surface area contributed by atoms with Gasteiger partial charge in [-0.15, -0.1) is 0 Å². The van der Waals surface area contributed by atoms with Crippen LogP contribution in [-0.4, -0.2) is 10.9 Å². The summed E-state index contributed by atoms with van der Waals surface area (Å²) in [5.41, 5.74) is 1.68. The lowest BCUT2D eigenvalue weighted by molar-refractivity contribution is 0.102. The molecule has 0 unspecified atom stereocenters. The van der Waals surface area contributed by atoms with Crippen LogP contribution in [0.5, 0.6) is 0 Å². The summed E-state index contributed by atoms with van der Waals surface area (Å²) in [7, 11) is 0. The standard InChI is InChI=1S/C16H10ClFN2O/c17-13-9-10(6-7-14(13)18)20-16(21)12-3-1-5-15-11(12)4-2-8-19-15/h1-9H,(H,20,21). The van der Waals surface area contributed by atoms with E-state index < -0.39 is 5.82 Å². The van der Waals surface area contributed by atoms with Gasteiger partial charge in [-0.05, 0) is 36.4 Å². The van der Waals surface area contributed by atoms with Crippen molar-refractivity contribution in [2.24, 2.45) is 0 Å². The second-order valence-electron chi connectivity index (χ2n) is 4.46. The van der Waals surface area contributed by atoms with Gasteiger partial charge in [0.05, 0.1) is 10.5 Å². The highest BCUT2D eigenvalue weighted by Crippen LogP contribution is 2.21. The predicted molar refractivity (Wildman–Crippen MR) is 81.1 cm³/mol. The minimum Gasteiger partial charge on any atom is -0.322 e. The van der Waals surface area contributed by atoms with E-state index in [1.807, 2.05) is 12.1 Å². The zero-order chi connectivity index (χ0) is 14.8. The van der Waals surface area contributed by atoms with Gasteiger partial charge in [-0.25, -0.2) is 4.39 Å². The van der Waals surface area contributed by atoms with Crippen molar-refractivity contribution in [3.05, 3.63) is 71.1 Å². The highest BCUT2D eigenvalue weighted by molar-refractivity contribution is 6.31. The molecule has 0 aliphatic carbocycles. The summed E-state index contributed by atoms with van der Waals surface area (Å²) in [4.78, 5) is 16.6. The molecule has 0 bridgehead atoms. The van der Waals surface area contributed by atoms with E-state index >= 15 is 0 Å². The number of pyridine rings is 1. The first-order valence-electron chi connectivity index (χ1n) is 6.25. The molecule has 0 saturated carbocycles. The van der Waals surface area contributed by atoms with Crippen LogP contribution in [0.2, 0.25) is 5.02 Å². The zero-order valence-electron chi connectivity index (χ0n) is 10.8. The van der Waals surface area contributed by atoms with Gasteiger partial charge in [-0.1, -0.05) is 23.7 Å². The second kappa shape index (κ2) is 5.50. The molecule has 0 aliphatic rings. The lowest BCUT2D eigenvalue weighted by Crippen LogP contribution is -2.12. The van der Waals surface area contributed by atoms with Crippen molar-refractivity contribution in [1.29, 1.82) is 0 Å². The molecular formula is C16H10ClFN2O. The van der Waals surface area contributed by atoms with Crippen LogP contribution in [0.1, 0.15) is 10.4 Å². The Bertz CT molecular complexity index is 830. The minimum absolute atomic E-state index is 0.0348. The Kier molecular flexibility index (Phi) is 3.54. The quantitative estimate of drug-likeness (QED) is 0.767. The number of amides is 1. The number of carbonyl (C=O) groups is 1. The molecular weight excluding hydrogens is 291 g/mol. The van der Waals surface area contributed by atoms with Crippen molar-refractivity contribution in [1.82, 2.24) is 4.98 Å². The highest BCUT2D eigenvalue weighted by Gasteiger charge is 2.11. The molecule has 0 atom stereocenters. The van der Waals surface area contributed by atoms with Crippen molar-refractivity contribution in [3.8, 4) is 0 Å². The minimum atomic E-state index is -0.524. The molecule has 21 heavy (non-hydrogen) atoms. The Labute approximate surface area is 125 Å². The first kappa shape index (κ1) is 13.5. The first-order chi connectivity index (χ1) is 10.1. The third-order valence-electron chi connectivity index (χ3n) is 3.07. The maximum absolute atomic E-state index is 13.1. The van der Waals surface area contributed by atoms with E-state index in [0.29, 0.717) is 11.3 Å². The molecule has 2 aromatic carbocycles. The maximum Gasteiger partial charge on any atom is 0.256 e. The lowest BCUT2D eigenvalue weighted by atomic mass is 10.1. The van der Waals surface area contributed by atoms with Crippen LogP contribution in [0.3, 0.4) is 0 Å². The molecule has 0 aliphatic heterocycles. The Morgan fingerprint density at radius 1 is 1.14 bits per heavy atom. The summed E-state index contributed by atoms with van der Waals surface area (Å²) in [6.45, 7) is 0. The Morgan fingerprint density at radius 2 is 2.00 bits per heavy atom. The van der Waals surface area contributed by atoms with Crippen LogP contribution in [0.4, 0.5) is 10.1 Å². The third kappa shape index (κ3) is 2.71. The van der Waals surface area contributed by atoms with Crippen molar-refractivity contribution >= 4 is 34.1 Å². The van der Waals surface area contributed by atoms with Gasteiger partial charge in [0, 0.05) is 22.8 Å². The summed E-state index contributed by atoms with van der Waals surface area (Å²) in [6.07, 6.45) is 1.67. The molecule has 3 aromatic rings. The second-order valence-corrected chi connectivity index (χ2v) is 4.87. The SMILES string of the molecule is O=C(Nc1ccc(F)c(Cl)c1)c1cccc2ncccc12. The number of rotatable bonds is 2. The van der Waals surface area contributed by atoms with Gasteiger partial charge < -0.3 is 5.32 Å². The maximum atomic E-state index is 13.1. The molecule has 1 N–H and O–H groups in total. The van der Waals surface area contributed by atoms with Crippen LogP contribution >= 0.6 is 11.6 Å². The number of nitrogens with zero attached hydrogens (tertiary/aromatic N) is 1. The molecule has 0 spiro atoms. The molecule has 104 valence electrons. The summed E-state index contributed by atoms with van der Waals surface area (Å²) < 4.78 is 13.1. The first-order valence-corrected chi connectivity index (χ1v) is 6.63. The van der Waals surface area contributed by atoms with Crippen molar-refractivity contribution in [2.45, 2.75) is 0 Å². The number of carbonyl (C=O) groups excluding carboxylic acids is 1. The van der Waals surface area contributed by atoms with Gasteiger partial charge in [0.1, 0.15) is 5.82 Å². The van der Waals surface area contributed by atoms with E-state index in [9.17, 15) is 9.18 Å². The Morgan fingerprint density at radius 3 is 2.81 bits per heavy atom. The van der Waals surface area contributed by atoms with E-state index in [4.69, 9.17) is 11.6 Å². The van der Waals surface area contributed by atoms with E-state index in [1.54, 1.807) is 24.4 Å². The molecule has 3 nitrogen and oxygen atoms in total. The van der Waals surface area contributed by atoms with E-state index in [0.717, 1.165) is 10.9 Å². The molecule has 1 aromatic heterocycles. The number of aromatic nitrogens is 1. The molecule has 5 heteroatoms. The number of benzene rings is 2. The Balaban J connectivity index is 1.95. The van der Waals surface area contributed by atoms with E-state index in [2.05, 4.69) is 10.3 Å². The van der Waals surface area contributed by atoms with Crippen molar-refractivity contribution in [3.63, 3.8) is 0 Å². The van der Waals surface area contributed by atoms with Crippen molar-refractivity contribution < 1.29 is 9.18 Å². The summed E-state index contributed by atoms with van der Waals surface area (Å²) in [5.74, 6) is -0.819. The fraction of sp³-hybridized carbons (Fsp3) is 0. The smallest absolute Gasteiger partial charge is 0.256 e. The van der Waals surface area contributed by atoms with Crippen molar-refractivity contribution in [2.75, 3.05) is 5.32 Å². The third-order valence-corrected chi connectivity index (χ3v) is 3.36. The van der Waals surface area contributed by atoms with Gasteiger partial charge in [0.2, 0.25) is 0 Å². The number of anilines is 1. The van der Waals surface area contributed by atoms with Crippen LogP contribution in [0.25, 0.3) is 10.9 Å². The monoisotopic (exact) mass is 300 g/mol. The van der Waals surface area contributed by atoms with Crippen LogP contribution in [-0.2, 0) is 0 Å². The summed E-state index contributed by atoms with van der Waals surface area (Å²) in [6, 6.07) is 13.0.